The molecule has 1 fully saturated rings. The van der Waals surface area contributed by atoms with Gasteiger partial charge in [-0.3, -0.25) is 9.69 Å². The van der Waals surface area contributed by atoms with Gasteiger partial charge in [0.1, 0.15) is 5.82 Å². The third-order valence-corrected chi connectivity index (χ3v) is 5.44. The van der Waals surface area contributed by atoms with Crippen molar-refractivity contribution in [1.82, 2.24) is 15.0 Å². The Labute approximate surface area is 175 Å². The molecule has 30 heavy (non-hydrogen) atoms. The van der Waals surface area contributed by atoms with Crippen LogP contribution in [0.15, 0.2) is 47.0 Å². The van der Waals surface area contributed by atoms with E-state index in [2.05, 4.69) is 20.4 Å². The third-order valence-electron chi connectivity index (χ3n) is 5.44. The molecule has 4 rings (SSSR count). The van der Waals surface area contributed by atoms with Crippen LogP contribution in [-0.4, -0.2) is 34.0 Å². The summed E-state index contributed by atoms with van der Waals surface area (Å²) in [6.45, 7) is 5.98. The predicted molar refractivity (Wildman–Crippen MR) is 112 cm³/mol. The molecule has 1 aliphatic heterocycles. The van der Waals surface area contributed by atoms with Crippen LogP contribution in [0.3, 0.4) is 0 Å². The van der Waals surface area contributed by atoms with Gasteiger partial charge in [0.15, 0.2) is 5.82 Å². The van der Waals surface area contributed by atoms with Gasteiger partial charge < -0.3 is 9.84 Å². The first-order valence-electron chi connectivity index (χ1n) is 10.2. The van der Waals surface area contributed by atoms with Crippen LogP contribution in [0.2, 0.25) is 0 Å². The highest BCUT2D eigenvalue weighted by Crippen LogP contribution is 2.23. The van der Waals surface area contributed by atoms with Gasteiger partial charge in [-0.25, -0.2) is 4.39 Å². The van der Waals surface area contributed by atoms with E-state index in [9.17, 15) is 9.18 Å². The molecule has 3 aromatic rings. The number of aryl methyl sites for hydroxylation is 2. The highest BCUT2D eigenvalue weighted by molar-refractivity contribution is 5.92. The Morgan fingerprint density at radius 1 is 1.17 bits per heavy atom. The summed E-state index contributed by atoms with van der Waals surface area (Å²) < 4.78 is 19.3. The summed E-state index contributed by atoms with van der Waals surface area (Å²) in [6.07, 6.45) is 1.42. The Hall–Kier alpha value is -3.06. The second-order valence-corrected chi connectivity index (χ2v) is 7.91. The highest BCUT2D eigenvalue weighted by Gasteiger charge is 2.26. The molecule has 1 aliphatic rings. The molecule has 1 N–H and O–H groups in total. The lowest BCUT2D eigenvalue weighted by atomic mass is 9.95. The number of rotatable bonds is 5. The van der Waals surface area contributed by atoms with E-state index < -0.39 is 5.82 Å². The quantitative estimate of drug-likeness (QED) is 0.680. The number of hydrogen-bond acceptors (Lipinski definition) is 5. The molecule has 0 bridgehead atoms. The second kappa shape index (κ2) is 8.75. The number of nitrogens with zero attached hydrogens (tertiary/aromatic N) is 3. The van der Waals surface area contributed by atoms with Crippen molar-refractivity contribution in [3.63, 3.8) is 0 Å². The maximum Gasteiger partial charge on any atom is 0.257 e. The molecule has 6 nitrogen and oxygen atoms in total. The zero-order valence-electron chi connectivity index (χ0n) is 17.2. The monoisotopic (exact) mass is 408 g/mol. The maximum atomic E-state index is 13.9. The van der Waals surface area contributed by atoms with Gasteiger partial charge in [0, 0.05) is 11.5 Å². The number of piperidine rings is 1. The van der Waals surface area contributed by atoms with Crippen LogP contribution in [0.25, 0.3) is 11.5 Å². The highest BCUT2D eigenvalue weighted by atomic mass is 19.1. The van der Waals surface area contributed by atoms with Gasteiger partial charge in [0.2, 0.25) is 5.91 Å². The molecule has 7 heteroatoms. The van der Waals surface area contributed by atoms with Crippen molar-refractivity contribution in [3.8, 4) is 11.5 Å². The van der Waals surface area contributed by atoms with Gasteiger partial charge in [-0.2, -0.15) is 4.98 Å². The summed E-state index contributed by atoms with van der Waals surface area (Å²) in [7, 11) is 0. The smallest absolute Gasteiger partial charge is 0.257 e. The first-order chi connectivity index (χ1) is 14.5. The summed E-state index contributed by atoms with van der Waals surface area (Å²) in [5, 5.41) is 6.83. The minimum absolute atomic E-state index is 0.125. The van der Waals surface area contributed by atoms with E-state index in [4.69, 9.17) is 4.52 Å². The molecule has 0 unspecified atom stereocenters. The Balaban J connectivity index is 1.31. The number of anilines is 1. The molecular weight excluding hydrogens is 383 g/mol. The first-order valence-corrected chi connectivity index (χ1v) is 10.2. The third kappa shape index (κ3) is 4.74. The van der Waals surface area contributed by atoms with Crippen molar-refractivity contribution in [2.75, 3.05) is 18.4 Å². The number of carbonyl (C=O) groups is 1. The fraction of sp³-hybridized carbons (Fsp3) is 0.348. The molecule has 0 aliphatic carbocycles. The van der Waals surface area contributed by atoms with Crippen molar-refractivity contribution in [2.24, 2.45) is 5.92 Å². The zero-order chi connectivity index (χ0) is 21.1. The number of amides is 1. The lowest BCUT2D eigenvalue weighted by Gasteiger charge is -2.30. The van der Waals surface area contributed by atoms with Crippen LogP contribution in [0.4, 0.5) is 10.1 Å². The van der Waals surface area contributed by atoms with Crippen LogP contribution in [0.5, 0.6) is 0 Å². The van der Waals surface area contributed by atoms with Gasteiger partial charge >= 0.3 is 0 Å². The van der Waals surface area contributed by atoms with Crippen LogP contribution in [0.1, 0.15) is 29.8 Å². The van der Waals surface area contributed by atoms with E-state index in [-0.39, 0.29) is 17.5 Å². The summed E-state index contributed by atoms with van der Waals surface area (Å²) in [4.78, 5) is 19.3. The van der Waals surface area contributed by atoms with Crippen LogP contribution < -0.4 is 5.32 Å². The van der Waals surface area contributed by atoms with E-state index >= 15 is 0 Å². The van der Waals surface area contributed by atoms with Gasteiger partial charge in [-0.1, -0.05) is 28.9 Å². The van der Waals surface area contributed by atoms with Crippen molar-refractivity contribution < 1.29 is 13.7 Å². The van der Waals surface area contributed by atoms with Gasteiger partial charge in [-0.05, 0) is 69.6 Å². The molecule has 1 amide bonds. The summed E-state index contributed by atoms with van der Waals surface area (Å²) >= 11 is 0. The standard InChI is InChI=1S/C23H25FN4O2/c1-15-4-3-5-18(12-15)23-26-21(27-30-23)14-28-10-8-17(9-11-28)22(29)25-20-13-16(2)6-7-19(20)24/h3-7,12-13,17H,8-11,14H2,1-2H3,(H,25,29). The number of halogens is 1. The Morgan fingerprint density at radius 2 is 1.93 bits per heavy atom. The molecule has 0 atom stereocenters. The van der Waals surface area contributed by atoms with Crippen LogP contribution in [-0.2, 0) is 11.3 Å². The molecule has 1 aromatic heterocycles. The molecule has 156 valence electrons. The number of nitrogens with one attached hydrogen (secondary N) is 1. The molecular formula is C23H25FN4O2. The van der Waals surface area contributed by atoms with Crippen LogP contribution in [0, 0.1) is 25.6 Å². The van der Waals surface area contributed by atoms with Crippen molar-refractivity contribution in [1.29, 1.82) is 0 Å². The second-order valence-electron chi connectivity index (χ2n) is 7.91. The van der Waals surface area contributed by atoms with Gasteiger partial charge in [-0.15, -0.1) is 0 Å². The van der Waals surface area contributed by atoms with E-state index in [0.29, 0.717) is 31.1 Å². The summed E-state index contributed by atoms with van der Waals surface area (Å²) in [6, 6.07) is 12.7. The van der Waals surface area contributed by atoms with E-state index in [1.807, 2.05) is 38.1 Å². The predicted octanol–water partition coefficient (Wildman–Crippen LogP) is 4.34. The molecule has 2 heterocycles. The van der Waals surface area contributed by atoms with Crippen molar-refractivity contribution in [3.05, 3.63) is 65.2 Å². The molecule has 2 aromatic carbocycles. The van der Waals surface area contributed by atoms with Crippen LogP contribution >= 0.6 is 0 Å². The Morgan fingerprint density at radius 3 is 2.70 bits per heavy atom. The molecule has 0 spiro atoms. The molecule has 1 saturated heterocycles. The van der Waals surface area contributed by atoms with E-state index in [1.165, 1.54) is 6.07 Å². The number of benzene rings is 2. The fourth-order valence-corrected chi connectivity index (χ4v) is 3.74. The minimum Gasteiger partial charge on any atom is -0.334 e. The van der Waals surface area contributed by atoms with E-state index in [0.717, 1.165) is 29.8 Å². The Kier molecular flexibility index (Phi) is 5.90. The average molecular weight is 408 g/mol. The zero-order valence-corrected chi connectivity index (χ0v) is 17.2. The Bertz CT molecular complexity index is 1040. The van der Waals surface area contributed by atoms with Gasteiger partial charge in [0.05, 0.1) is 12.2 Å². The lowest BCUT2D eigenvalue weighted by molar-refractivity contribution is -0.121. The number of likely N-dealkylation sites (tertiary alicyclic amines) is 1. The lowest BCUT2D eigenvalue weighted by Crippen LogP contribution is -2.38. The largest absolute Gasteiger partial charge is 0.334 e. The maximum absolute atomic E-state index is 13.9. The molecule has 0 radical (unpaired) electrons. The van der Waals surface area contributed by atoms with Crippen molar-refractivity contribution >= 4 is 11.6 Å². The number of aromatic nitrogens is 2. The minimum atomic E-state index is -0.409. The van der Waals surface area contributed by atoms with Crippen molar-refractivity contribution in [2.45, 2.75) is 33.2 Å². The van der Waals surface area contributed by atoms with E-state index in [1.54, 1.807) is 12.1 Å². The summed E-state index contributed by atoms with van der Waals surface area (Å²) in [5.74, 6) is 0.488. The topological polar surface area (TPSA) is 71.3 Å². The normalized spacial score (nSPS) is 15.3. The number of hydrogen-bond donors (Lipinski definition) is 1. The fourth-order valence-electron chi connectivity index (χ4n) is 3.74. The average Bonchev–Trinajstić information content (AvgIpc) is 3.20. The number of carbonyl (C=O) groups excluding carboxylic acids is 1. The SMILES string of the molecule is Cc1cccc(-c2nc(CN3CCC(C(=O)Nc4cc(C)ccc4F)CC3)no2)c1. The summed E-state index contributed by atoms with van der Waals surface area (Å²) in [5.41, 5.74) is 3.20. The molecule has 0 saturated carbocycles. The first kappa shape index (κ1) is 20.2. The van der Waals surface area contributed by atoms with Gasteiger partial charge in [0.25, 0.3) is 5.89 Å².